The Kier molecular flexibility index (Phi) is 10.7. The third-order valence-corrected chi connectivity index (χ3v) is 5.48. The van der Waals surface area contributed by atoms with E-state index in [4.69, 9.17) is 0 Å². The lowest BCUT2D eigenvalue weighted by Gasteiger charge is -2.08. The molecule has 1 aromatic rings. The van der Waals surface area contributed by atoms with Gasteiger partial charge in [-0.2, -0.15) is 0 Å². The summed E-state index contributed by atoms with van der Waals surface area (Å²) in [6.45, 7) is 2.27. The largest absolute Gasteiger partial charge is 0.388 e. The van der Waals surface area contributed by atoms with E-state index in [9.17, 15) is 5.11 Å². The van der Waals surface area contributed by atoms with Gasteiger partial charge in [0.15, 0.2) is 0 Å². The summed E-state index contributed by atoms with van der Waals surface area (Å²) in [6, 6.07) is 4.04. The summed E-state index contributed by atoms with van der Waals surface area (Å²) in [4.78, 5) is 1.09. The summed E-state index contributed by atoms with van der Waals surface area (Å²) in [5.41, 5.74) is 0. The minimum Gasteiger partial charge on any atom is -0.388 e. The minimum absolute atomic E-state index is 0.264. The number of aliphatic hydroxyl groups is 1. The van der Waals surface area contributed by atoms with Crippen molar-refractivity contribution in [1.29, 1.82) is 0 Å². The average molecular weight is 361 g/mol. The van der Waals surface area contributed by atoms with Crippen LogP contribution in [0, 0.1) is 0 Å². The second kappa shape index (κ2) is 11.8. The first-order valence-electron chi connectivity index (χ1n) is 8.17. The Morgan fingerprint density at radius 2 is 1.50 bits per heavy atom. The molecule has 0 spiro atoms. The van der Waals surface area contributed by atoms with E-state index in [-0.39, 0.29) is 6.10 Å². The molecule has 1 aromatic heterocycles. The zero-order valence-electron chi connectivity index (χ0n) is 12.7. The molecule has 20 heavy (non-hydrogen) atoms. The summed E-state index contributed by atoms with van der Waals surface area (Å²) in [5.74, 6) is 0. The molecule has 0 aromatic carbocycles. The van der Waals surface area contributed by atoms with Crippen LogP contribution in [0.3, 0.4) is 0 Å². The number of thiophene rings is 1. The summed E-state index contributed by atoms with van der Waals surface area (Å²) in [6.07, 6.45) is 14.1. The van der Waals surface area contributed by atoms with Crippen LogP contribution in [0.5, 0.6) is 0 Å². The van der Waals surface area contributed by atoms with E-state index in [0.29, 0.717) is 0 Å². The van der Waals surface area contributed by atoms with Gasteiger partial charge in [0.25, 0.3) is 0 Å². The van der Waals surface area contributed by atoms with Crippen LogP contribution in [-0.4, -0.2) is 5.11 Å². The summed E-state index contributed by atoms with van der Waals surface area (Å²) >= 11 is 5.08. The summed E-state index contributed by atoms with van der Waals surface area (Å²) < 4.78 is 1.11. The number of aliphatic hydroxyl groups excluding tert-OH is 1. The average Bonchev–Trinajstić information content (AvgIpc) is 2.87. The molecule has 0 aliphatic rings. The molecule has 1 unspecified atom stereocenters. The molecule has 1 nitrogen and oxygen atoms in total. The first-order valence-corrected chi connectivity index (χ1v) is 9.78. The lowest BCUT2D eigenvalue weighted by atomic mass is 10.0. The molecule has 0 radical (unpaired) electrons. The molecule has 1 heterocycles. The predicted octanol–water partition coefficient (Wildman–Crippen LogP) is 6.86. The quantitative estimate of drug-likeness (QED) is 0.403. The van der Waals surface area contributed by atoms with E-state index in [1.165, 1.54) is 57.8 Å². The highest BCUT2D eigenvalue weighted by Crippen LogP contribution is 2.30. The number of halogens is 1. The maximum Gasteiger partial charge on any atom is 0.0882 e. The van der Waals surface area contributed by atoms with Gasteiger partial charge in [-0.25, -0.2) is 0 Å². The smallest absolute Gasteiger partial charge is 0.0882 e. The molecule has 0 saturated heterocycles. The van der Waals surface area contributed by atoms with E-state index in [1.807, 2.05) is 12.1 Å². The number of rotatable bonds is 12. The maximum absolute atomic E-state index is 10.0. The molecule has 1 atom stereocenters. The van der Waals surface area contributed by atoms with Crippen molar-refractivity contribution in [3.63, 3.8) is 0 Å². The predicted molar refractivity (Wildman–Crippen MR) is 93.4 cm³/mol. The van der Waals surface area contributed by atoms with Crippen molar-refractivity contribution < 1.29 is 5.11 Å². The van der Waals surface area contributed by atoms with E-state index in [0.717, 1.165) is 21.5 Å². The van der Waals surface area contributed by atoms with Crippen LogP contribution in [0.25, 0.3) is 0 Å². The molecule has 0 aliphatic heterocycles. The van der Waals surface area contributed by atoms with Gasteiger partial charge in [0, 0.05) is 4.88 Å². The van der Waals surface area contributed by atoms with Gasteiger partial charge in [-0.05, 0) is 34.5 Å². The molecule has 1 rings (SSSR count). The van der Waals surface area contributed by atoms with Crippen LogP contribution in [0.4, 0.5) is 0 Å². The number of hydrogen-bond acceptors (Lipinski definition) is 2. The molecular formula is C17H29BrOS. The van der Waals surface area contributed by atoms with Crippen molar-refractivity contribution in [2.45, 2.75) is 83.7 Å². The fourth-order valence-electron chi connectivity index (χ4n) is 2.47. The molecule has 0 amide bonds. The Bertz CT molecular complexity index is 337. The number of unbranched alkanes of at least 4 members (excludes halogenated alkanes) is 9. The second-order valence-electron chi connectivity index (χ2n) is 5.63. The second-order valence-corrected chi connectivity index (χ2v) is 8.12. The molecule has 0 bridgehead atoms. The third kappa shape index (κ3) is 8.43. The molecule has 1 N–H and O–H groups in total. The zero-order chi connectivity index (χ0) is 14.6. The maximum atomic E-state index is 10.0. The van der Waals surface area contributed by atoms with Crippen LogP contribution in [0.2, 0.25) is 0 Å². The van der Waals surface area contributed by atoms with Crippen LogP contribution in [-0.2, 0) is 0 Å². The van der Waals surface area contributed by atoms with Crippen molar-refractivity contribution in [3.8, 4) is 0 Å². The first-order chi connectivity index (χ1) is 9.74. The van der Waals surface area contributed by atoms with Gasteiger partial charge in [0.05, 0.1) is 9.89 Å². The fraction of sp³-hybridized carbons (Fsp3) is 0.765. The summed E-state index contributed by atoms with van der Waals surface area (Å²) in [5, 5.41) is 10.0. The Morgan fingerprint density at radius 3 is 2.00 bits per heavy atom. The molecule has 0 fully saturated rings. The van der Waals surface area contributed by atoms with Gasteiger partial charge in [-0.1, -0.05) is 71.1 Å². The Balaban J connectivity index is 1.89. The van der Waals surface area contributed by atoms with Crippen LogP contribution < -0.4 is 0 Å². The van der Waals surface area contributed by atoms with Crippen LogP contribution >= 0.6 is 27.3 Å². The topological polar surface area (TPSA) is 20.2 Å². The fourth-order valence-corrected chi connectivity index (χ4v) is 3.92. The monoisotopic (exact) mass is 360 g/mol. The molecule has 0 aliphatic carbocycles. The zero-order valence-corrected chi connectivity index (χ0v) is 15.1. The number of hydrogen-bond donors (Lipinski definition) is 1. The Morgan fingerprint density at radius 1 is 0.950 bits per heavy atom. The first kappa shape index (κ1) is 18.2. The van der Waals surface area contributed by atoms with Crippen molar-refractivity contribution >= 4 is 27.3 Å². The standard InChI is InChI=1S/C17H29BrOS/c1-2-3-4-5-6-7-8-9-10-11-12-15(19)16-13-14-17(18)20-16/h13-15,19H,2-12H2,1H3. The molecule has 116 valence electrons. The van der Waals surface area contributed by atoms with E-state index in [2.05, 4.69) is 22.9 Å². The molecular weight excluding hydrogens is 332 g/mol. The van der Waals surface area contributed by atoms with Crippen molar-refractivity contribution in [2.24, 2.45) is 0 Å². The third-order valence-electron chi connectivity index (χ3n) is 3.75. The van der Waals surface area contributed by atoms with Crippen LogP contribution in [0.15, 0.2) is 15.9 Å². The van der Waals surface area contributed by atoms with Gasteiger partial charge in [-0.3, -0.25) is 0 Å². The van der Waals surface area contributed by atoms with Gasteiger partial charge in [0.2, 0.25) is 0 Å². The highest BCUT2D eigenvalue weighted by Gasteiger charge is 2.09. The van der Waals surface area contributed by atoms with E-state index < -0.39 is 0 Å². The highest BCUT2D eigenvalue weighted by atomic mass is 79.9. The van der Waals surface area contributed by atoms with Gasteiger partial charge in [-0.15, -0.1) is 11.3 Å². The Labute approximate surface area is 136 Å². The molecule has 3 heteroatoms. The van der Waals surface area contributed by atoms with Crippen molar-refractivity contribution in [3.05, 3.63) is 20.8 Å². The summed E-state index contributed by atoms with van der Waals surface area (Å²) in [7, 11) is 0. The normalized spacial score (nSPS) is 12.8. The van der Waals surface area contributed by atoms with Crippen LogP contribution in [0.1, 0.15) is 88.5 Å². The van der Waals surface area contributed by atoms with E-state index in [1.54, 1.807) is 11.3 Å². The Hall–Kier alpha value is 0.140. The lowest BCUT2D eigenvalue weighted by molar-refractivity contribution is 0.167. The van der Waals surface area contributed by atoms with Crippen molar-refractivity contribution in [2.75, 3.05) is 0 Å². The van der Waals surface area contributed by atoms with Gasteiger partial charge >= 0.3 is 0 Å². The highest BCUT2D eigenvalue weighted by molar-refractivity contribution is 9.11. The SMILES string of the molecule is CCCCCCCCCCCCC(O)c1ccc(Br)s1. The van der Waals surface area contributed by atoms with Gasteiger partial charge in [0.1, 0.15) is 0 Å². The molecule has 0 saturated carbocycles. The minimum atomic E-state index is -0.264. The van der Waals surface area contributed by atoms with Crippen molar-refractivity contribution in [1.82, 2.24) is 0 Å². The van der Waals surface area contributed by atoms with Gasteiger partial charge < -0.3 is 5.11 Å². The lowest BCUT2D eigenvalue weighted by Crippen LogP contribution is -1.94. The van der Waals surface area contributed by atoms with E-state index >= 15 is 0 Å².